The first-order valence-corrected chi connectivity index (χ1v) is 12.1. The maximum Gasteiger partial charge on any atom is 0.472 e. The van der Waals surface area contributed by atoms with E-state index < -0.39 is 44.9 Å². The summed E-state index contributed by atoms with van der Waals surface area (Å²) in [6.45, 7) is 2.01. The van der Waals surface area contributed by atoms with Crippen molar-refractivity contribution in [2.45, 2.75) is 32.0 Å². The van der Waals surface area contributed by atoms with Crippen LogP contribution in [0.4, 0.5) is 0 Å². The zero-order valence-electron chi connectivity index (χ0n) is 19.9. The van der Waals surface area contributed by atoms with E-state index in [4.69, 9.17) is 18.5 Å². The predicted molar refractivity (Wildman–Crippen MR) is 120 cm³/mol. The normalized spacial score (nSPS) is 15.0. The molecule has 0 aliphatic heterocycles. The number of aromatic hydroxyl groups is 1. The summed E-state index contributed by atoms with van der Waals surface area (Å²) in [5.41, 5.74) is 0.524. The molecular weight excluding hydrogens is 540 g/mol. The van der Waals surface area contributed by atoms with Crippen LogP contribution in [0.3, 0.4) is 0 Å². The van der Waals surface area contributed by atoms with Crippen LogP contribution in [-0.2, 0) is 67.2 Å². The van der Waals surface area contributed by atoms with Crippen molar-refractivity contribution in [1.29, 1.82) is 0 Å². The molecule has 0 spiro atoms. The van der Waals surface area contributed by atoms with Gasteiger partial charge < -0.3 is 39.4 Å². The number of methoxy groups -OCH3 is 1. The standard InChI is InChI=1S/C21H31NO12P.V/c1-15(30-2)7-9-31-12-18(32-14-23)13-34-35(28,29)33-10-8-22-20(25)19(21(26)27)11-16-3-5-17(24)6-4-16;/h3-6,15,18-19,24H,7-13H2,1-2H3,(H,22,25)(H,26,27)(H,28,29);/q-1;/t15-,18-,19?;/m1./s1. The van der Waals surface area contributed by atoms with Crippen molar-refractivity contribution >= 4 is 26.2 Å². The fourth-order valence-electron chi connectivity index (χ4n) is 2.60. The van der Waals surface area contributed by atoms with Gasteiger partial charge in [-0.1, -0.05) is 18.6 Å². The number of carbonyl (C=O) groups is 2. The van der Waals surface area contributed by atoms with Crippen molar-refractivity contribution in [3.63, 3.8) is 0 Å². The molecule has 2 unspecified atom stereocenters. The third-order valence-corrected chi connectivity index (χ3v) is 5.64. The molecule has 0 aliphatic carbocycles. The van der Waals surface area contributed by atoms with Gasteiger partial charge >= 0.3 is 13.8 Å². The number of rotatable bonds is 19. The Balaban J connectivity index is 0.0000122. The molecule has 0 aromatic heterocycles. The van der Waals surface area contributed by atoms with Crippen molar-refractivity contribution < 1.29 is 75.9 Å². The average Bonchev–Trinajstić information content (AvgIpc) is 2.82. The number of phosphoric acid groups is 1. The van der Waals surface area contributed by atoms with E-state index in [0.29, 0.717) is 18.6 Å². The summed E-state index contributed by atoms with van der Waals surface area (Å²) < 4.78 is 36.5. The van der Waals surface area contributed by atoms with Crippen molar-refractivity contribution in [2.24, 2.45) is 5.92 Å². The van der Waals surface area contributed by atoms with E-state index in [1.165, 1.54) is 30.7 Å². The number of amides is 1. The largest absolute Gasteiger partial charge is 0.648 e. The maximum absolute atomic E-state index is 12.2. The minimum absolute atomic E-state index is 0. The van der Waals surface area contributed by atoms with E-state index in [1.54, 1.807) is 7.11 Å². The molecule has 4 atom stereocenters. The molecule has 13 nitrogen and oxygen atoms in total. The first-order valence-electron chi connectivity index (χ1n) is 10.6. The topological polar surface area (TPSA) is 187 Å². The Morgan fingerprint density at radius 3 is 2.39 bits per heavy atom. The Labute approximate surface area is 220 Å². The van der Waals surface area contributed by atoms with Crippen LogP contribution in [-0.4, -0.2) is 85.7 Å². The number of phenolic OH excluding ortho intramolecular Hbond substituents is 1. The number of phosphoric ester groups is 1. The molecule has 1 amide bonds. The number of ether oxygens (including phenoxy) is 3. The van der Waals surface area contributed by atoms with Gasteiger partial charge in [-0.3, -0.25) is 18.6 Å². The number of carboxylic acids is 1. The summed E-state index contributed by atoms with van der Waals surface area (Å²) in [5, 5.41) is 20.9. The monoisotopic (exact) mass is 571 g/mol. The van der Waals surface area contributed by atoms with Crippen molar-refractivity contribution in [2.75, 3.05) is 40.1 Å². The van der Waals surface area contributed by atoms with Crippen LogP contribution in [0.15, 0.2) is 24.3 Å². The molecule has 36 heavy (non-hydrogen) atoms. The van der Waals surface area contributed by atoms with Gasteiger partial charge in [0.2, 0.25) is 5.91 Å². The number of nitrogens with one attached hydrogen (secondary N) is 1. The molecule has 0 saturated heterocycles. The molecule has 1 radical (unpaired) electrons. The smallest absolute Gasteiger partial charge is 0.472 e. The average molecular weight is 571 g/mol. The van der Waals surface area contributed by atoms with Crippen molar-refractivity contribution in [3.8, 4) is 5.75 Å². The molecule has 0 saturated carbocycles. The second kappa shape index (κ2) is 18.3. The van der Waals surface area contributed by atoms with Crippen LogP contribution in [0, 0.1) is 5.92 Å². The molecule has 0 bridgehead atoms. The van der Waals surface area contributed by atoms with E-state index in [0.717, 1.165) is 0 Å². The van der Waals surface area contributed by atoms with Gasteiger partial charge in [0.15, 0.2) is 0 Å². The Hall–Kier alpha value is -1.96. The van der Waals surface area contributed by atoms with E-state index in [9.17, 15) is 34.1 Å². The van der Waals surface area contributed by atoms with E-state index in [2.05, 4.69) is 10.1 Å². The van der Waals surface area contributed by atoms with Gasteiger partial charge in [-0.15, -0.1) is 0 Å². The SMILES string of the molecule is CO[C@H](C)CCOC[C@H](COP(=O)(O)OCCNC(=O)C(Cc1ccc(O)cc1)C(=O)O)O[C-]=O.[V]. The van der Waals surface area contributed by atoms with E-state index >= 15 is 0 Å². The van der Waals surface area contributed by atoms with Crippen LogP contribution in [0.5, 0.6) is 5.75 Å². The molecular formula is C21H31NO12PV-. The van der Waals surface area contributed by atoms with E-state index in [-0.39, 0.29) is 50.0 Å². The van der Waals surface area contributed by atoms with Gasteiger partial charge in [0.05, 0.1) is 25.9 Å². The number of aliphatic carboxylic acids is 1. The Morgan fingerprint density at radius 2 is 1.81 bits per heavy atom. The summed E-state index contributed by atoms with van der Waals surface area (Å²) in [6, 6.07) is 5.72. The third kappa shape index (κ3) is 14.6. The van der Waals surface area contributed by atoms with Gasteiger partial charge in [-0.25, -0.2) is 4.57 Å². The Kier molecular flexibility index (Phi) is 17.3. The zero-order valence-corrected chi connectivity index (χ0v) is 22.2. The summed E-state index contributed by atoms with van der Waals surface area (Å²) >= 11 is 0. The quantitative estimate of drug-likeness (QED) is 0.0792. The number of hydrogen-bond donors (Lipinski definition) is 4. The van der Waals surface area contributed by atoms with Gasteiger partial charge in [0, 0.05) is 38.8 Å². The number of phenols is 1. The maximum atomic E-state index is 12.2. The first kappa shape index (κ1) is 34.0. The molecule has 15 heteroatoms. The van der Waals surface area contributed by atoms with Crippen LogP contribution < -0.4 is 5.32 Å². The van der Waals surface area contributed by atoms with Gasteiger partial charge in [-0.05, 0) is 37.5 Å². The van der Waals surface area contributed by atoms with Crippen LogP contribution in [0.25, 0.3) is 0 Å². The molecule has 0 heterocycles. The third-order valence-electron chi connectivity index (χ3n) is 4.66. The Bertz CT molecular complexity index is 841. The summed E-state index contributed by atoms with van der Waals surface area (Å²) in [6.07, 6.45) is -0.579. The van der Waals surface area contributed by atoms with Crippen LogP contribution in [0.2, 0.25) is 0 Å². The number of carboxylic acid groups (broad SMARTS) is 1. The molecule has 1 rings (SSSR count). The number of benzene rings is 1. The second-order valence-electron chi connectivity index (χ2n) is 7.38. The van der Waals surface area contributed by atoms with Gasteiger partial charge in [-0.2, -0.15) is 0 Å². The summed E-state index contributed by atoms with van der Waals surface area (Å²) in [5.74, 6) is -3.59. The molecule has 1 aromatic carbocycles. The zero-order chi connectivity index (χ0) is 26.3. The van der Waals surface area contributed by atoms with Crippen molar-refractivity contribution in [1.82, 2.24) is 5.32 Å². The molecule has 0 fully saturated rings. The molecule has 4 N–H and O–H groups in total. The second-order valence-corrected chi connectivity index (χ2v) is 8.84. The summed E-state index contributed by atoms with van der Waals surface area (Å²) in [4.78, 5) is 43.9. The van der Waals surface area contributed by atoms with Crippen LogP contribution in [0.1, 0.15) is 18.9 Å². The minimum Gasteiger partial charge on any atom is -0.648 e. The fraction of sp³-hybridized carbons (Fsp3) is 0.571. The Morgan fingerprint density at radius 1 is 1.14 bits per heavy atom. The molecule has 0 aliphatic rings. The van der Waals surface area contributed by atoms with Crippen LogP contribution >= 0.6 is 7.82 Å². The number of hydrogen-bond acceptors (Lipinski definition) is 10. The van der Waals surface area contributed by atoms with Crippen molar-refractivity contribution in [3.05, 3.63) is 29.8 Å². The first-order chi connectivity index (χ1) is 16.6. The fourth-order valence-corrected chi connectivity index (χ4v) is 3.35. The minimum atomic E-state index is -4.57. The predicted octanol–water partition coefficient (Wildman–Crippen LogP) is 0.777. The summed E-state index contributed by atoms with van der Waals surface area (Å²) in [7, 11) is -3.01. The molecule has 1 aromatic rings. The number of carbonyl (C=O) groups excluding carboxylic acids is 2. The van der Waals surface area contributed by atoms with Gasteiger partial charge in [0.25, 0.3) is 0 Å². The molecule has 203 valence electrons. The van der Waals surface area contributed by atoms with E-state index in [1.807, 2.05) is 6.92 Å². The van der Waals surface area contributed by atoms with Gasteiger partial charge in [0.1, 0.15) is 17.8 Å².